The standard InChI is InChI=1S/C14H20ClNO2S/c1-10(2)18-8-4-3-7-16-14(17)12-9-11(19)5-6-13(12)15/h5-6,9-10,19H,3-4,7-8H2,1-2H3,(H,16,17). The van der Waals surface area contributed by atoms with Crippen molar-refractivity contribution >= 4 is 30.1 Å². The van der Waals surface area contributed by atoms with Gasteiger partial charge in [0.05, 0.1) is 16.7 Å². The number of amides is 1. The summed E-state index contributed by atoms with van der Waals surface area (Å²) in [5, 5.41) is 3.29. The molecule has 0 aromatic heterocycles. The Morgan fingerprint density at radius 2 is 2.16 bits per heavy atom. The molecule has 1 rings (SSSR count). The van der Waals surface area contributed by atoms with Gasteiger partial charge in [0.25, 0.3) is 5.91 Å². The van der Waals surface area contributed by atoms with Gasteiger partial charge in [0.15, 0.2) is 0 Å². The molecule has 0 fully saturated rings. The summed E-state index contributed by atoms with van der Waals surface area (Å²) >= 11 is 10.2. The van der Waals surface area contributed by atoms with Gasteiger partial charge in [-0.05, 0) is 44.9 Å². The van der Waals surface area contributed by atoms with Crippen LogP contribution in [0.1, 0.15) is 37.0 Å². The summed E-state index contributed by atoms with van der Waals surface area (Å²) in [7, 11) is 0. The van der Waals surface area contributed by atoms with Crippen molar-refractivity contribution < 1.29 is 9.53 Å². The average molecular weight is 302 g/mol. The predicted molar refractivity (Wildman–Crippen MR) is 81.4 cm³/mol. The van der Waals surface area contributed by atoms with E-state index in [1.807, 2.05) is 13.8 Å². The first-order chi connectivity index (χ1) is 9.00. The molecule has 0 aliphatic carbocycles. The van der Waals surface area contributed by atoms with E-state index in [1.165, 1.54) is 0 Å². The molecule has 0 saturated heterocycles. The number of hydrogen-bond donors (Lipinski definition) is 2. The molecule has 0 aliphatic rings. The van der Waals surface area contributed by atoms with Crippen LogP contribution in [0.4, 0.5) is 0 Å². The maximum atomic E-state index is 11.9. The van der Waals surface area contributed by atoms with Crippen LogP contribution in [0, 0.1) is 0 Å². The molecule has 0 radical (unpaired) electrons. The summed E-state index contributed by atoms with van der Waals surface area (Å²) in [4.78, 5) is 12.6. The van der Waals surface area contributed by atoms with Gasteiger partial charge in [0.1, 0.15) is 0 Å². The van der Waals surface area contributed by atoms with Gasteiger partial charge in [0.2, 0.25) is 0 Å². The average Bonchev–Trinajstić information content (AvgIpc) is 2.36. The first-order valence-electron chi connectivity index (χ1n) is 6.39. The van der Waals surface area contributed by atoms with Gasteiger partial charge in [-0.1, -0.05) is 11.6 Å². The smallest absolute Gasteiger partial charge is 0.252 e. The van der Waals surface area contributed by atoms with Gasteiger partial charge in [-0.15, -0.1) is 12.6 Å². The van der Waals surface area contributed by atoms with Crippen molar-refractivity contribution in [1.82, 2.24) is 5.32 Å². The van der Waals surface area contributed by atoms with Gasteiger partial charge in [0, 0.05) is 18.0 Å². The molecule has 0 atom stereocenters. The maximum absolute atomic E-state index is 11.9. The van der Waals surface area contributed by atoms with E-state index in [1.54, 1.807) is 18.2 Å². The van der Waals surface area contributed by atoms with E-state index in [-0.39, 0.29) is 12.0 Å². The van der Waals surface area contributed by atoms with Crippen LogP contribution in [0.5, 0.6) is 0 Å². The minimum Gasteiger partial charge on any atom is -0.379 e. The van der Waals surface area contributed by atoms with Crippen LogP contribution in [-0.2, 0) is 4.74 Å². The van der Waals surface area contributed by atoms with Gasteiger partial charge in [-0.2, -0.15) is 0 Å². The summed E-state index contributed by atoms with van der Waals surface area (Å²) in [5.74, 6) is -0.161. The zero-order valence-electron chi connectivity index (χ0n) is 11.3. The van der Waals surface area contributed by atoms with E-state index in [4.69, 9.17) is 16.3 Å². The molecular weight excluding hydrogens is 282 g/mol. The number of nitrogens with one attached hydrogen (secondary N) is 1. The highest BCUT2D eigenvalue weighted by Crippen LogP contribution is 2.19. The number of unbranched alkanes of at least 4 members (excludes halogenated alkanes) is 1. The summed E-state index contributed by atoms with van der Waals surface area (Å²) in [5.41, 5.74) is 0.465. The lowest BCUT2D eigenvalue weighted by atomic mass is 10.2. The summed E-state index contributed by atoms with van der Waals surface area (Å²) in [6.45, 7) is 5.36. The molecule has 19 heavy (non-hydrogen) atoms. The second kappa shape index (κ2) is 8.46. The molecule has 0 aliphatic heterocycles. The molecule has 0 bridgehead atoms. The SMILES string of the molecule is CC(C)OCCCCNC(=O)c1cc(S)ccc1Cl. The molecule has 1 aromatic rings. The van der Waals surface area contributed by atoms with Crippen molar-refractivity contribution in [2.45, 2.75) is 37.7 Å². The van der Waals surface area contributed by atoms with Crippen LogP contribution in [0.3, 0.4) is 0 Å². The summed E-state index contributed by atoms with van der Waals surface area (Å²) in [6.07, 6.45) is 2.07. The highest BCUT2D eigenvalue weighted by Gasteiger charge is 2.09. The van der Waals surface area contributed by atoms with Gasteiger partial charge < -0.3 is 10.1 Å². The predicted octanol–water partition coefficient (Wildman–Crippen LogP) is 3.56. The molecule has 1 amide bonds. The van der Waals surface area contributed by atoms with Crippen molar-refractivity contribution in [2.75, 3.05) is 13.2 Å². The molecule has 1 aromatic carbocycles. The molecule has 5 heteroatoms. The zero-order chi connectivity index (χ0) is 14.3. The Hall–Kier alpha value is -0.710. The van der Waals surface area contributed by atoms with E-state index in [9.17, 15) is 4.79 Å². The Bertz CT molecular complexity index is 424. The number of hydrogen-bond acceptors (Lipinski definition) is 3. The first-order valence-corrected chi connectivity index (χ1v) is 7.21. The molecular formula is C14H20ClNO2S. The molecule has 0 saturated carbocycles. The van der Waals surface area contributed by atoms with Crippen molar-refractivity contribution in [3.63, 3.8) is 0 Å². The maximum Gasteiger partial charge on any atom is 0.252 e. The number of carbonyl (C=O) groups excluding carboxylic acids is 1. The minimum atomic E-state index is -0.161. The number of benzene rings is 1. The molecule has 1 N–H and O–H groups in total. The fourth-order valence-electron chi connectivity index (χ4n) is 1.53. The van der Waals surface area contributed by atoms with Gasteiger partial charge in [-0.3, -0.25) is 4.79 Å². The number of thiol groups is 1. The normalized spacial score (nSPS) is 10.8. The topological polar surface area (TPSA) is 38.3 Å². The summed E-state index contributed by atoms with van der Waals surface area (Å²) < 4.78 is 5.42. The fraction of sp³-hybridized carbons (Fsp3) is 0.500. The molecule has 3 nitrogen and oxygen atoms in total. The summed E-state index contributed by atoms with van der Waals surface area (Å²) in [6, 6.07) is 5.10. The van der Waals surface area contributed by atoms with Crippen LogP contribution < -0.4 is 5.32 Å². The Morgan fingerprint density at radius 3 is 2.84 bits per heavy atom. The zero-order valence-corrected chi connectivity index (χ0v) is 12.9. The Kier molecular flexibility index (Phi) is 7.28. The molecule has 0 unspecified atom stereocenters. The number of ether oxygens (including phenoxy) is 1. The Balaban J connectivity index is 2.29. The van der Waals surface area contributed by atoms with E-state index in [0.29, 0.717) is 17.1 Å². The lowest BCUT2D eigenvalue weighted by Crippen LogP contribution is -2.25. The van der Waals surface area contributed by atoms with Crippen molar-refractivity contribution in [2.24, 2.45) is 0 Å². The largest absolute Gasteiger partial charge is 0.379 e. The van der Waals surface area contributed by atoms with E-state index in [0.717, 1.165) is 24.3 Å². The monoisotopic (exact) mass is 301 g/mol. The minimum absolute atomic E-state index is 0.161. The van der Waals surface area contributed by atoms with Crippen molar-refractivity contribution in [1.29, 1.82) is 0 Å². The van der Waals surface area contributed by atoms with Crippen LogP contribution in [0.15, 0.2) is 23.1 Å². The third kappa shape index (κ3) is 6.32. The molecule has 0 heterocycles. The van der Waals surface area contributed by atoms with Crippen LogP contribution in [0.25, 0.3) is 0 Å². The van der Waals surface area contributed by atoms with Gasteiger partial charge in [-0.25, -0.2) is 0 Å². The number of halogens is 1. The number of carbonyl (C=O) groups is 1. The second-order valence-corrected chi connectivity index (χ2v) is 5.47. The first kappa shape index (κ1) is 16.3. The van der Waals surface area contributed by atoms with Crippen molar-refractivity contribution in [3.05, 3.63) is 28.8 Å². The highest BCUT2D eigenvalue weighted by atomic mass is 35.5. The lowest BCUT2D eigenvalue weighted by molar-refractivity contribution is 0.0754. The van der Waals surface area contributed by atoms with Crippen molar-refractivity contribution in [3.8, 4) is 0 Å². The Labute approximate surface area is 125 Å². The number of rotatable bonds is 7. The lowest BCUT2D eigenvalue weighted by Gasteiger charge is -2.09. The quantitative estimate of drug-likeness (QED) is 0.597. The van der Waals surface area contributed by atoms with Gasteiger partial charge >= 0.3 is 0 Å². The van der Waals surface area contributed by atoms with Crippen LogP contribution in [-0.4, -0.2) is 25.2 Å². The van der Waals surface area contributed by atoms with Crippen LogP contribution in [0.2, 0.25) is 5.02 Å². The fourth-order valence-corrected chi connectivity index (χ4v) is 1.94. The third-order valence-electron chi connectivity index (χ3n) is 2.50. The highest BCUT2D eigenvalue weighted by molar-refractivity contribution is 7.80. The molecule has 106 valence electrons. The third-order valence-corrected chi connectivity index (χ3v) is 3.11. The Morgan fingerprint density at radius 1 is 1.42 bits per heavy atom. The van der Waals surface area contributed by atoms with E-state index >= 15 is 0 Å². The van der Waals surface area contributed by atoms with E-state index in [2.05, 4.69) is 17.9 Å². The van der Waals surface area contributed by atoms with E-state index < -0.39 is 0 Å². The molecule has 0 spiro atoms. The second-order valence-electron chi connectivity index (χ2n) is 4.55. The van der Waals surface area contributed by atoms with Crippen LogP contribution >= 0.6 is 24.2 Å².